The number of nitrogens with one attached hydrogen (secondary N) is 1. The number of carbonyl (C=O) groups is 1. The number of rotatable bonds is 3. The zero-order valence-corrected chi connectivity index (χ0v) is 10.5. The van der Waals surface area contributed by atoms with E-state index in [1.165, 1.54) is 0 Å². The maximum atomic E-state index is 11.7. The molecule has 1 N–H and O–H groups in total. The van der Waals surface area contributed by atoms with Crippen molar-refractivity contribution in [3.05, 3.63) is 40.9 Å². The summed E-state index contributed by atoms with van der Waals surface area (Å²) >= 11 is 3.36. The highest BCUT2D eigenvalue weighted by molar-refractivity contribution is 9.10. The van der Waals surface area contributed by atoms with Gasteiger partial charge >= 0.3 is 0 Å². The van der Waals surface area contributed by atoms with Crippen LogP contribution in [0, 0.1) is 5.92 Å². The number of amides is 1. The molecule has 0 bridgehead atoms. The molecule has 0 saturated carbocycles. The number of anilines is 1. The summed E-state index contributed by atoms with van der Waals surface area (Å²) in [7, 11) is 0. The van der Waals surface area contributed by atoms with Gasteiger partial charge in [0, 0.05) is 16.6 Å². The van der Waals surface area contributed by atoms with Gasteiger partial charge < -0.3 is 5.32 Å². The Morgan fingerprint density at radius 3 is 2.75 bits per heavy atom. The zero-order chi connectivity index (χ0) is 11.4. The largest absolute Gasteiger partial charge is 0.326 e. The Morgan fingerprint density at radius 1 is 1.38 bits per heavy atom. The molecule has 84 valence electrons. The van der Waals surface area contributed by atoms with Crippen LogP contribution < -0.4 is 5.32 Å². The summed E-state index contributed by atoms with van der Waals surface area (Å²) in [6.07, 6.45) is 7.09. The van der Waals surface area contributed by atoms with Crippen molar-refractivity contribution in [2.75, 3.05) is 5.32 Å². The number of hydrogen-bond acceptors (Lipinski definition) is 1. The van der Waals surface area contributed by atoms with Crippen molar-refractivity contribution in [1.29, 1.82) is 0 Å². The summed E-state index contributed by atoms with van der Waals surface area (Å²) in [5.74, 6) is 0.523. The highest BCUT2D eigenvalue weighted by Crippen LogP contribution is 2.21. The Hall–Kier alpha value is -1.09. The fourth-order valence-electron chi connectivity index (χ4n) is 1.85. The third-order valence-electron chi connectivity index (χ3n) is 2.69. The van der Waals surface area contributed by atoms with E-state index in [9.17, 15) is 4.79 Å². The molecular formula is C13H14BrNO. The predicted molar refractivity (Wildman–Crippen MR) is 69.3 cm³/mol. The summed E-state index contributed by atoms with van der Waals surface area (Å²) < 4.78 is 1.02. The van der Waals surface area contributed by atoms with Crippen LogP contribution in [0.2, 0.25) is 0 Å². The summed E-state index contributed by atoms with van der Waals surface area (Å²) in [4.78, 5) is 11.7. The highest BCUT2D eigenvalue weighted by atomic mass is 79.9. The molecule has 3 heteroatoms. The van der Waals surface area contributed by atoms with Gasteiger partial charge in [-0.05, 0) is 43.0 Å². The second-order valence-corrected chi connectivity index (χ2v) is 4.94. The minimum Gasteiger partial charge on any atom is -0.326 e. The molecule has 1 unspecified atom stereocenters. The summed E-state index contributed by atoms with van der Waals surface area (Å²) in [6, 6.07) is 7.63. The average molecular weight is 280 g/mol. The molecule has 1 aromatic carbocycles. The molecule has 1 aliphatic carbocycles. The van der Waals surface area contributed by atoms with Crippen molar-refractivity contribution in [2.45, 2.75) is 19.3 Å². The van der Waals surface area contributed by atoms with Crippen LogP contribution in [0.1, 0.15) is 19.3 Å². The number of carbonyl (C=O) groups excluding carboxylic acids is 1. The van der Waals surface area contributed by atoms with E-state index in [2.05, 4.69) is 33.4 Å². The summed E-state index contributed by atoms with van der Waals surface area (Å²) in [5.41, 5.74) is 0.857. The minimum absolute atomic E-state index is 0.0962. The number of halogens is 1. The van der Waals surface area contributed by atoms with Gasteiger partial charge in [0.2, 0.25) is 5.91 Å². The van der Waals surface area contributed by atoms with E-state index in [4.69, 9.17) is 0 Å². The maximum Gasteiger partial charge on any atom is 0.224 e. The molecule has 0 fully saturated rings. The molecule has 2 nitrogen and oxygen atoms in total. The monoisotopic (exact) mass is 279 g/mol. The molecule has 0 aliphatic heterocycles. The zero-order valence-electron chi connectivity index (χ0n) is 8.95. The van der Waals surface area contributed by atoms with Crippen molar-refractivity contribution in [1.82, 2.24) is 0 Å². The fraction of sp³-hybridized carbons (Fsp3) is 0.308. The Kier molecular flexibility index (Phi) is 3.78. The van der Waals surface area contributed by atoms with Gasteiger partial charge in [0.25, 0.3) is 0 Å². The number of allylic oxidation sites excluding steroid dienone is 2. The van der Waals surface area contributed by atoms with Gasteiger partial charge in [-0.15, -0.1) is 0 Å². The minimum atomic E-state index is 0.0962. The molecule has 0 saturated heterocycles. The van der Waals surface area contributed by atoms with E-state index in [1.807, 2.05) is 24.3 Å². The molecule has 16 heavy (non-hydrogen) atoms. The first kappa shape index (κ1) is 11.4. The first-order valence-corrected chi connectivity index (χ1v) is 6.25. The predicted octanol–water partition coefficient (Wildman–Crippen LogP) is 3.74. The maximum absolute atomic E-state index is 11.7. The van der Waals surface area contributed by atoms with Crippen LogP contribution in [0.5, 0.6) is 0 Å². The van der Waals surface area contributed by atoms with Gasteiger partial charge in [-0.25, -0.2) is 0 Å². The van der Waals surface area contributed by atoms with Gasteiger partial charge in [-0.3, -0.25) is 4.79 Å². The van der Waals surface area contributed by atoms with Crippen molar-refractivity contribution < 1.29 is 4.79 Å². The van der Waals surface area contributed by atoms with Crippen LogP contribution in [0.4, 0.5) is 5.69 Å². The summed E-state index contributed by atoms with van der Waals surface area (Å²) in [5, 5.41) is 2.90. The van der Waals surface area contributed by atoms with Crippen molar-refractivity contribution >= 4 is 27.5 Å². The van der Waals surface area contributed by atoms with E-state index in [-0.39, 0.29) is 5.91 Å². The van der Waals surface area contributed by atoms with E-state index >= 15 is 0 Å². The highest BCUT2D eigenvalue weighted by Gasteiger charge is 2.13. The molecule has 0 heterocycles. The normalized spacial score (nSPS) is 18.7. The molecule has 1 amide bonds. The molecule has 1 atom stereocenters. The lowest BCUT2D eigenvalue weighted by Crippen LogP contribution is -2.14. The Bertz CT molecular complexity index is 397. The standard InChI is InChI=1S/C13H14BrNO/c14-11-5-7-12(8-6-11)15-13(16)9-10-3-1-2-4-10/h1,3,5-8,10H,2,4,9H2,(H,15,16). The Morgan fingerprint density at radius 2 is 2.12 bits per heavy atom. The van der Waals surface area contributed by atoms with Gasteiger partial charge in [-0.1, -0.05) is 28.1 Å². The number of hydrogen-bond donors (Lipinski definition) is 1. The van der Waals surface area contributed by atoms with Crippen LogP contribution in [-0.4, -0.2) is 5.91 Å². The van der Waals surface area contributed by atoms with Crippen LogP contribution >= 0.6 is 15.9 Å². The lowest BCUT2D eigenvalue weighted by atomic mass is 10.1. The lowest BCUT2D eigenvalue weighted by molar-refractivity contribution is -0.116. The van der Waals surface area contributed by atoms with Crippen LogP contribution in [0.15, 0.2) is 40.9 Å². The third kappa shape index (κ3) is 3.20. The molecule has 0 aromatic heterocycles. The fourth-order valence-corrected chi connectivity index (χ4v) is 2.11. The van der Waals surface area contributed by atoms with Gasteiger partial charge in [0.1, 0.15) is 0 Å². The van der Waals surface area contributed by atoms with E-state index in [1.54, 1.807) is 0 Å². The molecule has 0 spiro atoms. The lowest BCUT2D eigenvalue weighted by Gasteiger charge is -2.08. The Labute approximate surface area is 104 Å². The van der Waals surface area contributed by atoms with Gasteiger partial charge in [0.05, 0.1) is 0 Å². The van der Waals surface area contributed by atoms with Crippen molar-refractivity contribution in [3.63, 3.8) is 0 Å². The third-order valence-corrected chi connectivity index (χ3v) is 3.22. The van der Waals surface area contributed by atoms with E-state index in [0.29, 0.717) is 12.3 Å². The molecule has 2 rings (SSSR count). The first-order chi connectivity index (χ1) is 7.74. The van der Waals surface area contributed by atoms with E-state index < -0.39 is 0 Å². The molecule has 1 aliphatic rings. The van der Waals surface area contributed by atoms with Crippen LogP contribution in [0.25, 0.3) is 0 Å². The quantitative estimate of drug-likeness (QED) is 0.839. The van der Waals surface area contributed by atoms with Crippen LogP contribution in [-0.2, 0) is 4.79 Å². The number of benzene rings is 1. The van der Waals surface area contributed by atoms with Crippen molar-refractivity contribution in [3.8, 4) is 0 Å². The van der Waals surface area contributed by atoms with Crippen LogP contribution in [0.3, 0.4) is 0 Å². The van der Waals surface area contributed by atoms with Crippen molar-refractivity contribution in [2.24, 2.45) is 5.92 Å². The molecule has 0 radical (unpaired) electrons. The smallest absolute Gasteiger partial charge is 0.224 e. The van der Waals surface area contributed by atoms with Gasteiger partial charge in [0.15, 0.2) is 0 Å². The Balaban J connectivity index is 1.86. The molecule has 1 aromatic rings. The second kappa shape index (κ2) is 5.30. The average Bonchev–Trinajstić information content (AvgIpc) is 2.74. The topological polar surface area (TPSA) is 29.1 Å². The first-order valence-electron chi connectivity index (χ1n) is 5.46. The molecular weight excluding hydrogens is 266 g/mol. The van der Waals surface area contributed by atoms with Gasteiger partial charge in [-0.2, -0.15) is 0 Å². The SMILES string of the molecule is O=C(CC1C=CCC1)Nc1ccc(Br)cc1. The summed E-state index contributed by atoms with van der Waals surface area (Å²) in [6.45, 7) is 0. The van der Waals surface area contributed by atoms with E-state index in [0.717, 1.165) is 23.0 Å². The second-order valence-electron chi connectivity index (χ2n) is 4.02.